The van der Waals surface area contributed by atoms with Crippen LogP contribution in [0.3, 0.4) is 0 Å². The number of aromatic amines is 1. The Morgan fingerprint density at radius 3 is 2.50 bits per heavy atom. The van der Waals surface area contributed by atoms with E-state index >= 15 is 0 Å². The fourth-order valence-electron chi connectivity index (χ4n) is 5.19. The number of H-pyrrole nitrogens is 1. The lowest BCUT2D eigenvalue weighted by molar-refractivity contribution is 0.148. The van der Waals surface area contributed by atoms with E-state index in [2.05, 4.69) is 45.9 Å². The molecule has 1 N–H and O–H groups in total. The first-order chi connectivity index (χ1) is 19.5. The fraction of sp³-hybridized carbons (Fsp3) is 0.323. The Balaban J connectivity index is 1.36. The molecule has 9 heteroatoms. The van der Waals surface area contributed by atoms with E-state index in [1.54, 1.807) is 18.5 Å². The predicted octanol–water partition coefficient (Wildman–Crippen LogP) is 4.66. The normalized spacial score (nSPS) is 14.8. The number of rotatable bonds is 8. The van der Waals surface area contributed by atoms with Crippen LogP contribution in [0.25, 0.3) is 33.3 Å². The monoisotopic (exact) mass is 540 g/mol. The summed E-state index contributed by atoms with van der Waals surface area (Å²) in [4.78, 5) is 30.6. The first-order valence-corrected chi connectivity index (χ1v) is 13.8. The first kappa shape index (κ1) is 26.2. The topological polar surface area (TPSA) is 79.3 Å². The summed E-state index contributed by atoms with van der Waals surface area (Å²) < 4.78 is 21.4. The van der Waals surface area contributed by atoms with Gasteiger partial charge in [-0.2, -0.15) is 0 Å². The second-order valence-corrected chi connectivity index (χ2v) is 10.5. The number of ether oxygens (including phenoxy) is 1. The molecule has 2 aromatic heterocycles. The van der Waals surface area contributed by atoms with Crippen molar-refractivity contribution < 1.29 is 9.13 Å². The minimum absolute atomic E-state index is 0.220. The number of hydrogen-bond acceptors (Lipinski definition) is 6. The summed E-state index contributed by atoms with van der Waals surface area (Å²) in [6, 6.07) is 16.2. The van der Waals surface area contributed by atoms with E-state index in [0.717, 1.165) is 66.9 Å². The number of benzene rings is 3. The molecule has 3 aromatic carbocycles. The van der Waals surface area contributed by atoms with E-state index < -0.39 is 0 Å². The number of aromatic nitrogens is 4. The van der Waals surface area contributed by atoms with Crippen molar-refractivity contribution in [1.82, 2.24) is 29.3 Å². The van der Waals surface area contributed by atoms with Crippen molar-refractivity contribution in [2.24, 2.45) is 0 Å². The average molecular weight is 541 g/mol. The van der Waals surface area contributed by atoms with Gasteiger partial charge in [-0.1, -0.05) is 25.1 Å². The molecule has 0 atom stereocenters. The van der Waals surface area contributed by atoms with Crippen LogP contribution in [0.1, 0.15) is 24.5 Å². The van der Waals surface area contributed by atoms with Crippen molar-refractivity contribution in [3.05, 3.63) is 88.2 Å². The zero-order valence-corrected chi connectivity index (χ0v) is 22.9. The number of nitrogens with zero attached hydrogens (tertiary/aromatic N) is 5. The number of halogens is 1. The van der Waals surface area contributed by atoms with Gasteiger partial charge in [0.05, 0.1) is 40.4 Å². The van der Waals surface area contributed by atoms with Crippen molar-refractivity contribution in [1.29, 1.82) is 0 Å². The predicted molar refractivity (Wildman–Crippen MR) is 155 cm³/mol. The molecule has 40 heavy (non-hydrogen) atoms. The van der Waals surface area contributed by atoms with Crippen LogP contribution in [-0.2, 0) is 13.1 Å². The molecule has 0 unspecified atom stereocenters. The molecule has 1 fully saturated rings. The molecule has 0 spiro atoms. The highest BCUT2D eigenvalue weighted by Gasteiger charge is 2.18. The molecular formula is C31H33FN6O2. The average Bonchev–Trinajstić information content (AvgIpc) is 3.35. The highest BCUT2D eigenvalue weighted by molar-refractivity contribution is 5.93. The molecule has 0 amide bonds. The molecule has 1 aliphatic heterocycles. The van der Waals surface area contributed by atoms with Gasteiger partial charge >= 0.3 is 0 Å². The first-order valence-electron chi connectivity index (χ1n) is 13.8. The third kappa shape index (κ3) is 5.48. The smallest absolute Gasteiger partial charge is 0.259 e. The summed E-state index contributed by atoms with van der Waals surface area (Å²) in [5.74, 6) is 0.914. The minimum atomic E-state index is -0.272. The maximum absolute atomic E-state index is 13.4. The molecule has 0 radical (unpaired) electrons. The highest BCUT2D eigenvalue weighted by atomic mass is 19.1. The van der Waals surface area contributed by atoms with E-state index in [-0.39, 0.29) is 11.4 Å². The number of imidazole rings is 1. The Morgan fingerprint density at radius 2 is 1.73 bits per heavy atom. The van der Waals surface area contributed by atoms with Crippen molar-refractivity contribution in [3.8, 4) is 17.1 Å². The Hall–Kier alpha value is -4.08. The molecule has 206 valence electrons. The Labute approximate surface area is 232 Å². The van der Waals surface area contributed by atoms with E-state index in [4.69, 9.17) is 9.72 Å². The number of nitrogens with one attached hydrogen (secondary N) is 1. The Morgan fingerprint density at radius 1 is 0.950 bits per heavy atom. The van der Waals surface area contributed by atoms with Gasteiger partial charge in [0.2, 0.25) is 0 Å². The highest BCUT2D eigenvalue weighted by Crippen LogP contribution is 2.30. The molecule has 1 aliphatic rings. The van der Waals surface area contributed by atoms with Crippen molar-refractivity contribution in [2.75, 3.05) is 39.8 Å². The standard InChI is InChI=1S/C31H33FN6O2/c1-3-14-40-29-9-6-22(18-37-12-10-36(2)11-13-37)15-25(29)30-34-26-17-27-28(16-24(26)31(39)35-30)38(20-33-27)19-21-4-7-23(32)8-5-21/h4-9,15-17,20H,3,10-14,18-19H2,1-2H3,(H,34,35,39). The third-order valence-electron chi connectivity index (χ3n) is 7.48. The van der Waals surface area contributed by atoms with Crippen LogP contribution in [-0.4, -0.2) is 69.2 Å². The van der Waals surface area contributed by atoms with Crippen molar-refractivity contribution >= 4 is 21.9 Å². The van der Waals surface area contributed by atoms with E-state index in [9.17, 15) is 9.18 Å². The number of hydrogen-bond donors (Lipinski definition) is 1. The summed E-state index contributed by atoms with van der Waals surface area (Å²) in [5.41, 5.74) is 4.79. The fourth-order valence-corrected chi connectivity index (χ4v) is 5.19. The van der Waals surface area contributed by atoms with E-state index in [1.807, 2.05) is 22.8 Å². The second-order valence-electron chi connectivity index (χ2n) is 10.5. The number of fused-ring (bicyclic) bond motifs is 2. The van der Waals surface area contributed by atoms with Gasteiger partial charge in [-0.25, -0.2) is 14.4 Å². The van der Waals surface area contributed by atoms with Crippen molar-refractivity contribution in [2.45, 2.75) is 26.4 Å². The summed E-state index contributed by atoms with van der Waals surface area (Å²) in [5, 5.41) is 0.488. The zero-order chi connectivity index (χ0) is 27.6. The molecular weight excluding hydrogens is 507 g/mol. The molecule has 1 saturated heterocycles. The minimum Gasteiger partial charge on any atom is -0.493 e. The summed E-state index contributed by atoms with van der Waals surface area (Å²) in [7, 11) is 2.15. The Kier molecular flexibility index (Phi) is 7.32. The van der Waals surface area contributed by atoms with Crippen LogP contribution in [0.15, 0.2) is 65.7 Å². The van der Waals surface area contributed by atoms with Crippen LogP contribution < -0.4 is 10.3 Å². The van der Waals surface area contributed by atoms with Crippen LogP contribution in [0.4, 0.5) is 4.39 Å². The largest absolute Gasteiger partial charge is 0.493 e. The number of likely N-dealkylation sites (N-methyl/N-ethyl adjacent to an activating group) is 1. The van der Waals surface area contributed by atoms with Gasteiger partial charge in [-0.3, -0.25) is 9.69 Å². The second kappa shape index (κ2) is 11.2. The lowest BCUT2D eigenvalue weighted by Crippen LogP contribution is -2.43. The molecule has 0 saturated carbocycles. The quantitative estimate of drug-likeness (QED) is 0.308. The van der Waals surface area contributed by atoms with Gasteiger partial charge in [0.15, 0.2) is 0 Å². The summed E-state index contributed by atoms with van der Waals surface area (Å²) >= 11 is 0. The SMILES string of the molecule is CCCOc1ccc(CN2CCN(C)CC2)cc1-c1nc2cc3ncn(Cc4ccc(F)cc4)c3cc2c(=O)[nH]1. The molecule has 5 aromatic rings. The third-order valence-corrected chi connectivity index (χ3v) is 7.48. The van der Waals surface area contributed by atoms with E-state index in [0.29, 0.717) is 35.6 Å². The molecule has 0 aliphatic carbocycles. The van der Waals surface area contributed by atoms with Gasteiger partial charge in [-0.15, -0.1) is 0 Å². The van der Waals surface area contributed by atoms with Gasteiger partial charge in [-0.05, 0) is 61.0 Å². The van der Waals surface area contributed by atoms with Crippen LogP contribution in [0, 0.1) is 5.82 Å². The molecule has 3 heterocycles. The van der Waals surface area contributed by atoms with Crippen LogP contribution in [0.5, 0.6) is 5.75 Å². The summed E-state index contributed by atoms with van der Waals surface area (Å²) in [6.07, 6.45) is 2.61. The van der Waals surface area contributed by atoms with Crippen LogP contribution in [0.2, 0.25) is 0 Å². The summed E-state index contributed by atoms with van der Waals surface area (Å²) in [6.45, 7) is 8.15. The van der Waals surface area contributed by atoms with E-state index in [1.165, 1.54) is 12.1 Å². The number of piperazine rings is 1. The van der Waals surface area contributed by atoms with Gasteiger partial charge in [0.25, 0.3) is 5.56 Å². The van der Waals surface area contributed by atoms with Gasteiger partial charge in [0, 0.05) is 39.3 Å². The lowest BCUT2D eigenvalue weighted by atomic mass is 10.1. The lowest BCUT2D eigenvalue weighted by Gasteiger charge is -2.32. The maximum Gasteiger partial charge on any atom is 0.259 e. The Bertz CT molecular complexity index is 1700. The van der Waals surface area contributed by atoms with Gasteiger partial charge < -0.3 is 19.2 Å². The van der Waals surface area contributed by atoms with Crippen LogP contribution >= 0.6 is 0 Å². The molecule has 8 nitrogen and oxygen atoms in total. The van der Waals surface area contributed by atoms with Crippen molar-refractivity contribution in [3.63, 3.8) is 0 Å². The maximum atomic E-state index is 13.4. The zero-order valence-electron chi connectivity index (χ0n) is 22.9. The molecule has 6 rings (SSSR count). The van der Waals surface area contributed by atoms with Gasteiger partial charge in [0.1, 0.15) is 17.4 Å². The molecule has 0 bridgehead atoms.